The zero-order chi connectivity index (χ0) is 13.1. The highest BCUT2D eigenvalue weighted by atomic mass is 35.5. The molecule has 0 aliphatic carbocycles. The Labute approximate surface area is 108 Å². The van der Waals surface area contributed by atoms with E-state index >= 15 is 0 Å². The van der Waals surface area contributed by atoms with Gasteiger partial charge in [-0.1, -0.05) is 11.6 Å². The van der Waals surface area contributed by atoms with Gasteiger partial charge < -0.3 is 11.1 Å². The summed E-state index contributed by atoms with van der Waals surface area (Å²) in [6.45, 7) is 0. The molecule has 0 fully saturated rings. The summed E-state index contributed by atoms with van der Waals surface area (Å²) in [5, 5.41) is 2.45. The van der Waals surface area contributed by atoms with Gasteiger partial charge in [0.05, 0.1) is 10.7 Å². The first-order valence-electron chi connectivity index (χ1n) is 5.05. The third-order valence-corrected chi connectivity index (χ3v) is 2.56. The molecule has 1 heterocycles. The van der Waals surface area contributed by atoms with Gasteiger partial charge in [-0.05, 0) is 30.3 Å². The van der Waals surface area contributed by atoms with Crippen LogP contribution in [0.4, 0.5) is 15.9 Å². The number of nitrogens with two attached hydrogens (primary N) is 1. The molecule has 0 atom stereocenters. The fraction of sp³-hybridized carbons (Fsp3) is 0. The Morgan fingerprint density at radius 1 is 1.39 bits per heavy atom. The second kappa shape index (κ2) is 5.01. The number of aromatic nitrogens is 1. The molecule has 0 spiro atoms. The highest BCUT2D eigenvalue weighted by molar-refractivity contribution is 6.30. The van der Waals surface area contributed by atoms with Crippen LogP contribution >= 0.6 is 11.6 Å². The Morgan fingerprint density at radius 3 is 2.83 bits per heavy atom. The van der Waals surface area contributed by atoms with Crippen LogP contribution in [0.1, 0.15) is 10.4 Å². The fourth-order valence-corrected chi connectivity index (χ4v) is 1.46. The van der Waals surface area contributed by atoms with Gasteiger partial charge in [0.2, 0.25) is 0 Å². The van der Waals surface area contributed by atoms with Crippen molar-refractivity contribution in [2.75, 3.05) is 11.1 Å². The molecule has 0 saturated heterocycles. The van der Waals surface area contributed by atoms with Gasteiger partial charge >= 0.3 is 0 Å². The van der Waals surface area contributed by atoms with E-state index in [1.165, 1.54) is 18.3 Å². The maximum atomic E-state index is 13.2. The molecule has 6 heteroatoms. The molecule has 3 N–H and O–H groups in total. The highest BCUT2D eigenvalue weighted by Crippen LogP contribution is 2.18. The molecule has 18 heavy (non-hydrogen) atoms. The Balaban J connectivity index is 2.22. The quantitative estimate of drug-likeness (QED) is 0.877. The van der Waals surface area contributed by atoms with E-state index in [9.17, 15) is 9.18 Å². The Hall–Kier alpha value is -2.14. The van der Waals surface area contributed by atoms with Crippen LogP contribution in [0.25, 0.3) is 0 Å². The first-order chi connectivity index (χ1) is 8.58. The normalized spacial score (nSPS) is 10.1. The second-order valence-corrected chi connectivity index (χ2v) is 3.93. The summed E-state index contributed by atoms with van der Waals surface area (Å²) < 4.78 is 13.2. The van der Waals surface area contributed by atoms with Crippen molar-refractivity contribution in [3.05, 3.63) is 52.9 Å². The summed E-state index contributed by atoms with van der Waals surface area (Å²) in [6.07, 6.45) is 1.49. The van der Waals surface area contributed by atoms with Gasteiger partial charge in [-0.25, -0.2) is 9.37 Å². The Morgan fingerprint density at radius 2 is 2.17 bits per heavy atom. The number of hydrogen-bond donors (Lipinski definition) is 2. The SMILES string of the molecule is Nc1cccnc1NC(=O)c1ccc(Cl)c(F)c1. The number of anilines is 2. The zero-order valence-electron chi connectivity index (χ0n) is 9.15. The van der Waals surface area contributed by atoms with E-state index in [0.29, 0.717) is 5.69 Å². The summed E-state index contributed by atoms with van der Waals surface area (Å²) in [7, 11) is 0. The molecule has 0 aliphatic rings. The molecule has 4 nitrogen and oxygen atoms in total. The molecule has 0 aliphatic heterocycles. The topological polar surface area (TPSA) is 68.0 Å². The van der Waals surface area contributed by atoms with E-state index in [-0.39, 0.29) is 16.4 Å². The summed E-state index contributed by atoms with van der Waals surface area (Å²) in [4.78, 5) is 15.7. The van der Waals surface area contributed by atoms with Gasteiger partial charge in [-0.2, -0.15) is 0 Å². The summed E-state index contributed by atoms with van der Waals surface area (Å²) in [5.41, 5.74) is 6.10. The number of nitrogens with zero attached hydrogens (tertiary/aromatic N) is 1. The molecule has 1 aromatic carbocycles. The van der Waals surface area contributed by atoms with Gasteiger partial charge in [0.15, 0.2) is 5.82 Å². The average Bonchev–Trinajstić information content (AvgIpc) is 2.35. The smallest absolute Gasteiger partial charge is 0.256 e. The lowest BCUT2D eigenvalue weighted by molar-refractivity contribution is 0.102. The number of nitrogens with one attached hydrogen (secondary N) is 1. The number of carbonyl (C=O) groups is 1. The van der Waals surface area contributed by atoms with Crippen LogP contribution in [0.3, 0.4) is 0 Å². The first kappa shape index (κ1) is 12.3. The molecular weight excluding hydrogens is 257 g/mol. The lowest BCUT2D eigenvalue weighted by Crippen LogP contribution is -2.14. The van der Waals surface area contributed by atoms with E-state index in [1.54, 1.807) is 12.1 Å². The Kier molecular flexibility index (Phi) is 3.43. The van der Waals surface area contributed by atoms with Crippen LogP contribution in [0, 0.1) is 5.82 Å². The van der Waals surface area contributed by atoms with Gasteiger partial charge in [0.25, 0.3) is 5.91 Å². The van der Waals surface area contributed by atoms with E-state index in [0.717, 1.165) is 6.07 Å². The highest BCUT2D eigenvalue weighted by Gasteiger charge is 2.10. The molecule has 1 amide bonds. The molecule has 0 saturated carbocycles. The summed E-state index contributed by atoms with van der Waals surface area (Å²) in [6, 6.07) is 7.03. The largest absolute Gasteiger partial charge is 0.396 e. The van der Waals surface area contributed by atoms with Crippen molar-refractivity contribution in [1.82, 2.24) is 4.98 Å². The minimum Gasteiger partial charge on any atom is -0.396 e. The van der Waals surface area contributed by atoms with Gasteiger partial charge in [-0.15, -0.1) is 0 Å². The molecule has 2 rings (SSSR count). The average molecular weight is 266 g/mol. The third kappa shape index (κ3) is 2.57. The zero-order valence-corrected chi connectivity index (χ0v) is 9.91. The lowest BCUT2D eigenvalue weighted by atomic mass is 10.2. The predicted molar refractivity (Wildman–Crippen MR) is 68.0 cm³/mol. The molecule has 0 bridgehead atoms. The molecule has 0 unspecified atom stereocenters. The number of rotatable bonds is 2. The van der Waals surface area contributed by atoms with Crippen molar-refractivity contribution in [2.24, 2.45) is 0 Å². The number of benzene rings is 1. The lowest BCUT2D eigenvalue weighted by Gasteiger charge is -2.06. The fourth-order valence-electron chi connectivity index (χ4n) is 1.34. The minimum atomic E-state index is -0.654. The molecule has 0 radical (unpaired) electrons. The summed E-state index contributed by atoms with van der Waals surface area (Å²) in [5.74, 6) is -0.924. The van der Waals surface area contributed by atoms with Crippen molar-refractivity contribution in [3.63, 3.8) is 0 Å². The number of pyridine rings is 1. The molecule has 1 aromatic heterocycles. The van der Waals surface area contributed by atoms with Crippen LogP contribution in [-0.2, 0) is 0 Å². The molecule has 2 aromatic rings. The van der Waals surface area contributed by atoms with Crippen LogP contribution in [0.15, 0.2) is 36.5 Å². The first-order valence-corrected chi connectivity index (χ1v) is 5.42. The number of amides is 1. The van der Waals surface area contributed by atoms with Crippen molar-refractivity contribution >= 4 is 29.0 Å². The van der Waals surface area contributed by atoms with Crippen LogP contribution in [-0.4, -0.2) is 10.9 Å². The van der Waals surface area contributed by atoms with Crippen molar-refractivity contribution < 1.29 is 9.18 Å². The van der Waals surface area contributed by atoms with E-state index < -0.39 is 11.7 Å². The van der Waals surface area contributed by atoms with E-state index in [1.807, 2.05) is 0 Å². The van der Waals surface area contributed by atoms with Crippen LogP contribution in [0.2, 0.25) is 5.02 Å². The summed E-state index contributed by atoms with van der Waals surface area (Å²) >= 11 is 5.53. The maximum absolute atomic E-state index is 13.2. The minimum absolute atomic E-state index is 0.0381. The molecule has 92 valence electrons. The van der Waals surface area contributed by atoms with Crippen LogP contribution in [0.5, 0.6) is 0 Å². The predicted octanol–water partition coefficient (Wildman–Crippen LogP) is 2.71. The molecular formula is C12H9ClFN3O. The van der Waals surface area contributed by atoms with Crippen molar-refractivity contribution in [2.45, 2.75) is 0 Å². The second-order valence-electron chi connectivity index (χ2n) is 3.52. The van der Waals surface area contributed by atoms with Gasteiger partial charge in [-0.3, -0.25) is 4.79 Å². The number of nitrogen functional groups attached to an aromatic ring is 1. The maximum Gasteiger partial charge on any atom is 0.256 e. The van der Waals surface area contributed by atoms with Crippen molar-refractivity contribution in [3.8, 4) is 0 Å². The van der Waals surface area contributed by atoms with E-state index in [4.69, 9.17) is 17.3 Å². The number of carbonyl (C=O) groups excluding carboxylic acids is 1. The third-order valence-electron chi connectivity index (χ3n) is 2.25. The number of hydrogen-bond acceptors (Lipinski definition) is 3. The Bertz CT molecular complexity index is 604. The van der Waals surface area contributed by atoms with Gasteiger partial charge in [0, 0.05) is 11.8 Å². The van der Waals surface area contributed by atoms with Crippen molar-refractivity contribution in [1.29, 1.82) is 0 Å². The number of halogens is 2. The van der Waals surface area contributed by atoms with Crippen LogP contribution < -0.4 is 11.1 Å². The monoisotopic (exact) mass is 265 g/mol. The standard InChI is InChI=1S/C12H9ClFN3O/c13-8-4-3-7(6-9(8)14)12(18)17-11-10(15)2-1-5-16-11/h1-6H,15H2,(H,16,17,18). The van der Waals surface area contributed by atoms with Gasteiger partial charge in [0.1, 0.15) is 5.82 Å². The van der Waals surface area contributed by atoms with E-state index in [2.05, 4.69) is 10.3 Å².